The van der Waals surface area contributed by atoms with Crippen LogP contribution in [0.2, 0.25) is 0 Å². The number of sulfone groups is 1. The smallest absolute Gasteiger partial charge is 0.225 e. The van der Waals surface area contributed by atoms with E-state index in [-0.39, 0.29) is 10.8 Å². The van der Waals surface area contributed by atoms with Crippen molar-refractivity contribution in [1.29, 1.82) is 0 Å². The van der Waals surface area contributed by atoms with Crippen molar-refractivity contribution in [2.45, 2.75) is 44.4 Å². The number of nitrogens with one attached hydrogen (secondary N) is 1. The second-order valence-electron chi connectivity index (χ2n) is 8.25. The van der Waals surface area contributed by atoms with Gasteiger partial charge in [0.2, 0.25) is 5.91 Å². The molecule has 1 aromatic heterocycles. The minimum atomic E-state index is -3.21. The molecule has 1 aliphatic heterocycles. The molecule has 1 fully saturated rings. The van der Waals surface area contributed by atoms with Gasteiger partial charge in [0.05, 0.1) is 23.0 Å². The highest BCUT2D eigenvalue weighted by Crippen LogP contribution is 2.22. The highest BCUT2D eigenvalue weighted by Gasteiger charge is 2.26. The van der Waals surface area contributed by atoms with Gasteiger partial charge in [-0.25, -0.2) is 13.4 Å². The zero-order chi connectivity index (χ0) is 22.4. The summed E-state index contributed by atoms with van der Waals surface area (Å²) in [5.74, 6) is 1.69. The summed E-state index contributed by atoms with van der Waals surface area (Å²) in [5, 5.41) is 3.35. The van der Waals surface area contributed by atoms with Crippen LogP contribution >= 0.6 is 0 Å². The predicted molar refractivity (Wildman–Crippen MR) is 122 cm³/mol. The molecule has 0 spiro atoms. The fraction of sp³-hybridized carbons (Fsp3) is 0.522. The van der Waals surface area contributed by atoms with Crippen LogP contribution in [0.4, 0.5) is 5.82 Å². The normalized spacial score (nSPS) is 15.3. The molecule has 2 aromatic rings. The van der Waals surface area contributed by atoms with Crippen LogP contribution < -0.4 is 5.32 Å². The summed E-state index contributed by atoms with van der Waals surface area (Å²) < 4.78 is 23.2. The number of rotatable bonds is 8. The maximum absolute atomic E-state index is 12.5. The molecule has 0 saturated carbocycles. The number of likely N-dealkylation sites (tertiary alicyclic amines) is 1. The number of hydrogen-bond acceptors (Lipinski definition) is 6. The van der Waals surface area contributed by atoms with Crippen LogP contribution in [0.5, 0.6) is 0 Å². The first kappa shape index (κ1) is 23.2. The van der Waals surface area contributed by atoms with Gasteiger partial charge in [-0.05, 0) is 43.7 Å². The molecule has 0 bridgehead atoms. The van der Waals surface area contributed by atoms with Crippen LogP contribution in [0.15, 0.2) is 41.6 Å². The quantitative estimate of drug-likeness (QED) is 0.668. The number of hydrogen-bond donors (Lipinski definition) is 1. The minimum absolute atomic E-state index is 0.158. The van der Waals surface area contributed by atoms with Crippen LogP contribution in [-0.2, 0) is 14.6 Å². The van der Waals surface area contributed by atoms with E-state index in [1.165, 1.54) is 6.26 Å². The number of carbonyl (C=O) groups excluding carboxylic acids is 1. The Kier molecular flexibility index (Phi) is 7.64. The third kappa shape index (κ3) is 6.03. The molecule has 0 aliphatic carbocycles. The fourth-order valence-electron chi connectivity index (χ4n) is 3.94. The molecule has 8 heteroatoms. The SMILES string of the molecule is CCC(CC)C(=O)N1CCC(CNc2cnc(-c3ccc(S(C)(=O)=O)cc3)cn2)CC1. The Morgan fingerprint density at radius 2 is 1.74 bits per heavy atom. The number of nitrogens with zero attached hydrogens (tertiary/aromatic N) is 3. The Balaban J connectivity index is 1.50. The molecule has 0 unspecified atom stereocenters. The van der Waals surface area contributed by atoms with E-state index in [4.69, 9.17) is 0 Å². The monoisotopic (exact) mass is 444 g/mol. The van der Waals surface area contributed by atoms with Gasteiger partial charge in [-0.3, -0.25) is 9.78 Å². The third-order valence-electron chi connectivity index (χ3n) is 6.06. The van der Waals surface area contributed by atoms with E-state index in [0.717, 1.165) is 50.9 Å². The van der Waals surface area contributed by atoms with Crippen molar-refractivity contribution >= 4 is 21.6 Å². The van der Waals surface area contributed by atoms with Gasteiger partial charge in [0.1, 0.15) is 5.82 Å². The van der Waals surface area contributed by atoms with E-state index in [0.29, 0.717) is 23.3 Å². The van der Waals surface area contributed by atoms with Crippen molar-refractivity contribution in [1.82, 2.24) is 14.9 Å². The zero-order valence-electron chi connectivity index (χ0n) is 18.5. The molecular formula is C23H32N4O3S. The Labute approximate surface area is 185 Å². The molecule has 7 nitrogen and oxygen atoms in total. The van der Waals surface area contributed by atoms with Gasteiger partial charge in [-0.1, -0.05) is 26.0 Å². The van der Waals surface area contributed by atoms with E-state index in [2.05, 4.69) is 29.1 Å². The number of carbonyl (C=O) groups is 1. The molecule has 31 heavy (non-hydrogen) atoms. The first-order valence-electron chi connectivity index (χ1n) is 11.0. The van der Waals surface area contributed by atoms with Crippen LogP contribution in [0, 0.1) is 11.8 Å². The van der Waals surface area contributed by atoms with Crippen LogP contribution in [0.3, 0.4) is 0 Å². The molecule has 1 amide bonds. The van der Waals surface area contributed by atoms with Gasteiger partial charge in [0.25, 0.3) is 0 Å². The summed E-state index contributed by atoms with van der Waals surface area (Å²) >= 11 is 0. The Morgan fingerprint density at radius 1 is 1.10 bits per heavy atom. The molecule has 0 atom stereocenters. The maximum atomic E-state index is 12.5. The predicted octanol–water partition coefficient (Wildman–Crippen LogP) is 3.63. The third-order valence-corrected chi connectivity index (χ3v) is 7.19. The van der Waals surface area contributed by atoms with E-state index in [1.807, 2.05) is 4.90 Å². The number of piperidine rings is 1. The lowest BCUT2D eigenvalue weighted by molar-refractivity contribution is -0.137. The second-order valence-corrected chi connectivity index (χ2v) is 10.3. The number of amides is 1. The second kappa shape index (κ2) is 10.2. The molecule has 0 radical (unpaired) electrons. The Morgan fingerprint density at radius 3 is 2.26 bits per heavy atom. The van der Waals surface area contributed by atoms with Crippen molar-refractivity contribution in [3.8, 4) is 11.3 Å². The van der Waals surface area contributed by atoms with E-state index < -0.39 is 9.84 Å². The molecule has 3 rings (SSSR count). The Hall–Kier alpha value is -2.48. The van der Waals surface area contributed by atoms with Crippen molar-refractivity contribution in [2.24, 2.45) is 11.8 Å². The van der Waals surface area contributed by atoms with Gasteiger partial charge in [0.15, 0.2) is 9.84 Å². The first-order chi connectivity index (χ1) is 14.8. The van der Waals surface area contributed by atoms with Crippen molar-refractivity contribution in [3.05, 3.63) is 36.7 Å². The standard InChI is InChI=1S/C23H32N4O3S/c1-4-18(5-2)23(28)27-12-10-17(11-13-27)14-25-22-16-24-21(15-26-22)19-6-8-20(9-7-19)31(3,29)30/h6-9,15-18H,4-5,10-14H2,1-3H3,(H,25,26). The highest BCUT2D eigenvalue weighted by atomic mass is 32.2. The van der Waals surface area contributed by atoms with Crippen molar-refractivity contribution in [3.63, 3.8) is 0 Å². The maximum Gasteiger partial charge on any atom is 0.225 e. The Bertz CT molecular complexity index is 963. The van der Waals surface area contributed by atoms with Gasteiger partial charge in [-0.2, -0.15) is 0 Å². The average molecular weight is 445 g/mol. The first-order valence-corrected chi connectivity index (χ1v) is 12.9. The molecule has 1 aromatic carbocycles. The zero-order valence-corrected chi connectivity index (χ0v) is 19.4. The van der Waals surface area contributed by atoms with E-state index >= 15 is 0 Å². The molecule has 1 N–H and O–H groups in total. The van der Waals surface area contributed by atoms with Crippen LogP contribution in [0.25, 0.3) is 11.3 Å². The fourth-order valence-corrected chi connectivity index (χ4v) is 4.57. The van der Waals surface area contributed by atoms with Crippen molar-refractivity contribution in [2.75, 3.05) is 31.2 Å². The number of anilines is 1. The molecule has 168 valence electrons. The van der Waals surface area contributed by atoms with Crippen LogP contribution in [-0.4, -0.2) is 55.1 Å². The summed E-state index contributed by atoms with van der Waals surface area (Å²) in [6.07, 6.45) is 8.40. The summed E-state index contributed by atoms with van der Waals surface area (Å²) in [6, 6.07) is 6.64. The molecular weight excluding hydrogens is 412 g/mol. The topological polar surface area (TPSA) is 92.3 Å². The van der Waals surface area contributed by atoms with Gasteiger partial charge >= 0.3 is 0 Å². The average Bonchev–Trinajstić information content (AvgIpc) is 2.78. The lowest BCUT2D eigenvalue weighted by Crippen LogP contribution is -2.42. The van der Waals surface area contributed by atoms with Crippen molar-refractivity contribution < 1.29 is 13.2 Å². The van der Waals surface area contributed by atoms with E-state index in [1.54, 1.807) is 36.7 Å². The van der Waals surface area contributed by atoms with Crippen LogP contribution in [0.1, 0.15) is 39.5 Å². The molecule has 1 saturated heterocycles. The summed E-state index contributed by atoms with van der Waals surface area (Å²) in [5.41, 5.74) is 1.51. The largest absolute Gasteiger partial charge is 0.369 e. The summed E-state index contributed by atoms with van der Waals surface area (Å²) in [7, 11) is -3.21. The van der Waals surface area contributed by atoms with Gasteiger partial charge in [-0.15, -0.1) is 0 Å². The molecule has 1 aliphatic rings. The molecule has 2 heterocycles. The van der Waals surface area contributed by atoms with E-state index in [9.17, 15) is 13.2 Å². The lowest BCUT2D eigenvalue weighted by atomic mass is 9.94. The number of benzene rings is 1. The van der Waals surface area contributed by atoms with Gasteiger partial charge in [0, 0.05) is 37.4 Å². The summed E-state index contributed by atoms with van der Waals surface area (Å²) in [4.78, 5) is 23.7. The number of aromatic nitrogens is 2. The van der Waals surface area contributed by atoms with Gasteiger partial charge < -0.3 is 10.2 Å². The summed E-state index contributed by atoms with van der Waals surface area (Å²) in [6.45, 7) is 6.63. The highest BCUT2D eigenvalue weighted by molar-refractivity contribution is 7.90. The lowest BCUT2D eigenvalue weighted by Gasteiger charge is -2.34. The minimum Gasteiger partial charge on any atom is -0.369 e.